The molecule has 5 aromatic rings. The van der Waals surface area contributed by atoms with Gasteiger partial charge in [0.05, 0.1) is 38.0 Å². The minimum absolute atomic E-state index is 0.254. The van der Waals surface area contributed by atoms with Crippen molar-refractivity contribution in [2.24, 2.45) is 14.1 Å². The quantitative estimate of drug-likeness (QED) is 0.369. The minimum Gasteiger partial charge on any atom is -0.277 e. The summed E-state index contributed by atoms with van der Waals surface area (Å²) in [5.74, 6) is 0. The Kier molecular flexibility index (Phi) is 3.27. The number of aromatic nitrogens is 3. The van der Waals surface area contributed by atoms with E-state index in [0.29, 0.717) is 0 Å². The maximum absolute atomic E-state index is 13.3. The van der Waals surface area contributed by atoms with Crippen LogP contribution in [0.25, 0.3) is 38.0 Å². The van der Waals surface area contributed by atoms with Gasteiger partial charge in [0.25, 0.3) is 33.4 Å². The summed E-state index contributed by atoms with van der Waals surface area (Å²) in [6.45, 7) is 1.84. The Morgan fingerprint density at radius 1 is 0.500 bits per heavy atom. The van der Waals surface area contributed by atoms with Crippen LogP contribution in [0.1, 0.15) is 5.56 Å². The van der Waals surface area contributed by atoms with E-state index < -0.39 is 33.4 Å². The largest absolute Gasteiger partial charge is 0.277 e. The first kappa shape index (κ1) is 17.9. The second-order valence-corrected chi connectivity index (χ2v) is 7.37. The maximum Gasteiger partial charge on any atom is 0.267 e. The number of benzene rings is 2. The van der Waals surface area contributed by atoms with Gasteiger partial charge in [-0.2, -0.15) is 0 Å². The van der Waals surface area contributed by atoms with Crippen molar-refractivity contribution < 1.29 is 0 Å². The lowest BCUT2D eigenvalue weighted by Gasteiger charge is -2.00. The predicted molar refractivity (Wildman–Crippen MR) is 112 cm³/mol. The number of nitrogens with zero attached hydrogens (tertiary/aromatic N) is 3. The van der Waals surface area contributed by atoms with Crippen LogP contribution in [0.4, 0.5) is 0 Å². The maximum atomic E-state index is 13.3. The molecule has 0 N–H and O–H groups in total. The Bertz CT molecular complexity index is 1760. The van der Waals surface area contributed by atoms with Crippen LogP contribution in [0.5, 0.6) is 0 Å². The molecule has 3 heterocycles. The van der Waals surface area contributed by atoms with E-state index in [1.54, 1.807) is 24.3 Å². The zero-order valence-electron chi connectivity index (χ0n) is 16.1. The number of aryl methyl sites for hydroxylation is 1. The number of fused-ring (bicyclic) bond motifs is 6. The highest BCUT2D eigenvalue weighted by atomic mass is 16.2. The molecule has 0 aliphatic carbocycles. The zero-order chi connectivity index (χ0) is 21.6. The van der Waals surface area contributed by atoms with Crippen LogP contribution in [-0.4, -0.2) is 13.7 Å². The average Bonchev–Trinajstić information content (AvgIpc) is 3.20. The van der Waals surface area contributed by atoms with E-state index in [4.69, 9.17) is 0 Å². The van der Waals surface area contributed by atoms with Gasteiger partial charge in [0, 0.05) is 14.1 Å². The van der Waals surface area contributed by atoms with Crippen molar-refractivity contribution in [3.05, 3.63) is 92.0 Å². The van der Waals surface area contributed by atoms with Crippen LogP contribution in [0.2, 0.25) is 0 Å². The van der Waals surface area contributed by atoms with Crippen molar-refractivity contribution in [3.8, 4) is 5.69 Å². The number of hydrogen-bond acceptors (Lipinski definition) is 6. The molecule has 3 aromatic heterocycles. The normalized spacial score (nSPS) is 12.0. The molecule has 0 fully saturated rings. The molecule has 2 aromatic carbocycles. The van der Waals surface area contributed by atoms with E-state index in [1.807, 2.05) is 6.92 Å². The molecule has 9 heteroatoms. The van der Waals surface area contributed by atoms with E-state index in [1.165, 1.54) is 14.1 Å². The standard InChI is InChI=1S/C21H13N3O6/c1-8-4-6-9(7-5-8)24-20(29)14-12-10(16(25)22(2)18(12)27)11-13(15(14)21(24)30)19(28)23(3)17(11)26/h4-7H,1-3H3. The monoisotopic (exact) mass is 403 g/mol. The highest BCUT2D eigenvalue weighted by Gasteiger charge is 2.29. The second kappa shape index (κ2) is 5.47. The van der Waals surface area contributed by atoms with Gasteiger partial charge in [-0.15, -0.1) is 0 Å². The summed E-state index contributed by atoms with van der Waals surface area (Å²) in [4.78, 5) is 77.6. The fourth-order valence-corrected chi connectivity index (χ4v) is 4.13. The topological polar surface area (TPSA) is 117 Å². The smallest absolute Gasteiger partial charge is 0.267 e. The zero-order valence-corrected chi connectivity index (χ0v) is 16.1. The molecule has 0 saturated heterocycles. The van der Waals surface area contributed by atoms with Crippen molar-refractivity contribution in [3.63, 3.8) is 0 Å². The Balaban J connectivity index is 2.25. The molecular formula is C21H13N3O6. The lowest BCUT2D eigenvalue weighted by atomic mass is 10.0. The molecule has 5 rings (SSSR count). The first-order chi connectivity index (χ1) is 14.2. The third-order valence-electron chi connectivity index (χ3n) is 5.70. The summed E-state index contributed by atoms with van der Waals surface area (Å²) in [7, 11) is 2.43. The van der Waals surface area contributed by atoms with Crippen molar-refractivity contribution in [1.29, 1.82) is 0 Å². The summed E-state index contributed by atoms with van der Waals surface area (Å²) in [5.41, 5.74) is -3.65. The van der Waals surface area contributed by atoms with Gasteiger partial charge in [-0.25, -0.2) is 4.57 Å². The molecule has 0 bridgehead atoms. The SMILES string of the molecule is Cc1ccc(-n2c(=O)c3c4c(=O)n(C)c(=O)c4c4c(=O)n(C)c(=O)c4c3c2=O)cc1. The van der Waals surface area contributed by atoms with Crippen molar-refractivity contribution in [2.45, 2.75) is 6.92 Å². The van der Waals surface area contributed by atoms with Crippen LogP contribution >= 0.6 is 0 Å². The molecule has 0 aliphatic rings. The van der Waals surface area contributed by atoms with E-state index in [9.17, 15) is 28.8 Å². The lowest BCUT2D eigenvalue weighted by Crippen LogP contribution is -2.24. The molecule has 30 heavy (non-hydrogen) atoms. The molecule has 0 spiro atoms. The van der Waals surface area contributed by atoms with Crippen LogP contribution in [0.15, 0.2) is 53.0 Å². The van der Waals surface area contributed by atoms with Gasteiger partial charge in [0.2, 0.25) is 0 Å². The molecular weight excluding hydrogens is 390 g/mol. The first-order valence-corrected chi connectivity index (χ1v) is 9.01. The first-order valence-electron chi connectivity index (χ1n) is 9.01. The van der Waals surface area contributed by atoms with Crippen molar-refractivity contribution in [2.75, 3.05) is 0 Å². The minimum atomic E-state index is -0.816. The summed E-state index contributed by atoms with van der Waals surface area (Å²) in [6.07, 6.45) is 0. The van der Waals surface area contributed by atoms with Gasteiger partial charge >= 0.3 is 0 Å². The van der Waals surface area contributed by atoms with Crippen LogP contribution in [0.3, 0.4) is 0 Å². The van der Waals surface area contributed by atoms with Gasteiger partial charge in [0.15, 0.2) is 0 Å². The van der Waals surface area contributed by atoms with E-state index >= 15 is 0 Å². The molecule has 9 nitrogen and oxygen atoms in total. The van der Waals surface area contributed by atoms with E-state index in [2.05, 4.69) is 0 Å². The predicted octanol–water partition coefficient (Wildman–Crippen LogP) is -0.603. The Hall–Kier alpha value is -4.14. The van der Waals surface area contributed by atoms with Crippen LogP contribution < -0.4 is 33.4 Å². The van der Waals surface area contributed by atoms with Crippen LogP contribution in [0, 0.1) is 6.92 Å². The highest BCUT2D eigenvalue weighted by Crippen LogP contribution is 2.26. The Labute approximate surface area is 165 Å². The van der Waals surface area contributed by atoms with Gasteiger partial charge < -0.3 is 0 Å². The number of hydrogen-bond donors (Lipinski definition) is 0. The molecule has 148 valence electrons. The van der Waals surface area contributed by atoms with Crippen LogP contribution in [-0.2, 0) is 14.1 Å². The third kappa shape index (κ3) is 1.86. The van der Waals surface area contributed by atoms with Gasteiger partial charge in [-0.1, -0.05) is 17.7 Å². The second-order valence-electron chi connectivity index (χ2n) is 7.37. The summed E-state index contributed by atoms with van der Waals surface area (Å²) >= 11 is 0. The van der Waals surface area contributed by atoms with E-state index in [-0.39, 0.29) is 38.0 Å². The Morgan fingerprint density at radius 3 is 1.13 bits per heavy atom. The molecule has 0 radical (unpaired) electrons. The average molecular weight is 403 g/mol. The summed E-state index contributed by atoms with van der Waals surface area (Å²) < 4.78 is 2.40. The highest BCUT2D eigenvalue weighted by molar-refractivity contribution is 6.25. The number of rotatable bonds is 1. The fraction of sp³-hybridized carbons (Fsp3) is 0.143. The molecule has 0 unspecified atom stereocenters. The van der Waals surface area contributed by atoms with E-state index in [0.717, 1.165) is 19.3 Å². The molecule has 0 atom stereocenters. The molecule has 0 amide bonds. The van der Waals surface area contributed by atoms with Crippen molar-refractivity contribution in [1.82, 2.24) is 13.7 Å². The Morgan fingerprint density at radius 2 is 0.800 bits per heavy atom. The lowest BCUT2D eigenvalue weighted by molar-refractivity contribution is 0.854. The molecule has 0 saturated carbocycles. The summed E-state index contributed by atoms with van der Waals surface area (Å²) in [5, 5.41) is -1.83. The fourth-order valence-electron chi connectivity index (χ4n) is 4.13. The van der Waals surface area contributed by atoms with Gasteiger partial charge in [-0.05, 0) is 19.1 Å². The van der Waals surface area contributed by atoms with Crippen molar-refractivity contribution >= 4 is 32.3 Å². The van der Waals surface area contributed by atoms with Gasteiger partial charge in [-0.3, -0.25) is 37.9 Å². The summed E-state index contributed by atoms with van der Waals surface area (Å²) in [6, 6.07) is 6.54. The third-order valence-corrected chi connectivity index (χ3v) is 5.70. The molecule has 0 aliphatic heterocycles. The van der Waals surface area contributed by atoms with Gasteiger partial charge in [0.1, 0.15) is 0 Å².